The molecule has 0 radical (unpaired) electrons. The second kappa shape index (κ2) is 8.34. The zero-order valence-electron chi connectivity index (χ0n) is 15.5. The molecule has 0 saturated carbocycles. The molecule has 0 saturated heterocycles. The van der Waals surface area contributed by atoms with Crippen LogP contribution in [0.1, 0.15) is 17.3 Å². The lowest BCUT2D eigenvalue weighted by Gasteiger charge is -2.10. The van der Waals surface area contributed by atoms with Crippen LogP contribution < -0.4 is 15.6 Å². The fourth-order valence-corrected chi connectivity index (χ4v) is 2.73. The van der Waals surface area contributed by atoms with Crippen LogP contribution in [0, 0.1) is 0 Å². The number of hydrogen-bond acceptors (Lipinski definition) is 6. The summed E-state index contributed by atoms with van der Waals surface area (Å²) in [6.45, 7) is 1.69. The molecule has 0 atom stereocenters. The highest BCUT2D eigenvalue weighted by Gasteiger charge is 2.13. The normalized spacial score (nSPS) is 10.5. The molecule has 3 rings (SSSR count). The number of hydrogen-bond donors (Lipinski definition) is 1. The first-order chi connectivity index (χ1) is 13.5. The first kappa shape index (κ1) is 19.1. The molecule has 28 heavy (non-hydrogen) atoms. The van der Waals surface area contributed by atoms with Crippen LogP contribution in [0.5, 0.6) is 5.75 Å². The van der Waals surface area contributed by atoms with E-state index in [2.05, 4.69) is 10.3 Å². The van der Waals surface area contributed by atoms with Gasteiger partial charge in [-0.2, -0.15) is 0 Å². The zero-order chi connectivity index (χ0) is 20.1. The van der Waals surface area contributed by atoms with E-state index >= 15 is 0 Å². The van der Waals surface area contributed by atoms with Gasteiger partial charge in [0.05, 0.1) is 36.5 Å². The molecular formula is C20H19N3O5. The number of aromatic nitrogens is 2. The van der Waals surface area contributed by atoms with Gasteiger partial charge in [-0.1, -0.05) is 12.1 Å². The lowest BCUT2D eigenvalue weighted by atomic mass is 10.1. The van der Waals surface area contributed by atoms with Crippen molar-refractivity contribution >= 4 is 28.5 Å². The molecule has 0 aliphatic heterocycles. The van der Waals surface area contributed by atoms with E-state index < -0.39 is 11.5 Å². The second-order valence-electron chi connectivity index (χ2n) is 5.87. The number of carbonyl (C=O) groups is 2. The Morgan fingerprint density at radius 2 is 1.96 bits per heavy atom. The summed E-state index contributed by atoms with van der Waals surface area (Å²) in [5.74, 6) is -0.446. The Morgan fingerprint density at radius 3 is 2.71 bits per heavy atom. The highest BCUT2D eigenvalue weighted by molar-refractivity contribution is 6.06. The van der Waals surface area contributed by atoms with Gasteiger partial charge >= 0.3 is 5.97 Å². The van der Waals surface area contributed by atoms with E-state index in [0.717, 1.165) is 0 Å². The molecule has 0 aliphatic rings. The highest BCUT2D eigenvalue weighted by Crippen LogP contribution is 2.20. The topological polar surface area (TPSA) is 99.5 Å². The number of fused-ring (bicyclic) bond motifs is 1. The number of methoxy groups -OCH3 is 1. The van der Waals surface area contributed by atoms with Crippen LogP contribution in [0.4, 0.5) is 5.69 Å². The number of esters is 1. The van der Waals surface area contributed by atoms with Crippen molar-refractivity contribution in [3.8, 4) is 5.75 Å². The highest BCUT2D eigenvalue weighted by atomic mass is 16.5. The van der Waals surface area contributed by atoms with Crippen molar-refractivity contribution in [2.45, 2.75) is 13.5 Å². The minimum absolute atomic E-state index is 0.229. The Balaban J connectivity index is 1.90. The molecule has 1 aromatic heterocycles. The number of amides is 1. The molecule has 1 N–H and O–H groups in total. The van der Waals surface area contributed by atoms with Gasteiger partial charge in [-0.3, -0.25) is 19.0 Å². The molecule has 8 heteroatoms. The number of anilines is 1. The van der Waals surface area contributed by atoms with Gasteiger partial charge in [0.25, 0.3) is 11.5 Å². The summed E-state index contributed by atoms with van der Waals surface area (Å²) in [6, 6.07) is 11.6. The van der Waals surface area contributed by atoms with Crippen LogP contribution >= 0.6 is 0 Å². The largest absolute Gasteiger partial charge is 0.496 e. The van der Waals surface area contributed by atoms with Crippen molar-refractivity contribution < 1.29 is 19.1 Å². The maximum atomic E-state index is 12.7. The molecule has 3 aromatic rings. The number of carbonyl (C=O) groups excluding carboxylic acids is 2. The van der Waals surface area contributed by atoms with Gasteiger partial charge in [0.15, 0.2) is 0 Å². The lowest BCUT2D eigenvalue weighted by molar-refractivity contribution is -0.143. The van der Waals surface area contributed by atoms with E-state index in [-0.39, 0.29) is 24.4 Å². The van der Waals surface area contributed by atoms with Crippen LogP contribution in [0.2, 0.25) is 0 Å². The number of ether oxygens (including phenoxy) is 2. The molecule has 144 valence electrons. The Hall–Kier alpha value is -3.68. The smallest absolute Gasteiger partial charge is 0.326 e. The Morgan fingerprint density at radius 1 is 1.18 bits per heavy atom. The standard InChI is InChI=1S/C20H19N3O5/c1-3-28-18(24)11-23-12-21-16-9-8-13(10-15(16)20(23)26)22-19(25)14-6-4-5-7-17(14)27-2/h4-10,12H,3,11H2,1-2H3,(H,22,25). The van der Waals surface area contributed by atoms with Crippen molar-refractivity contribution in [2.24, 2.45) is 0 Å². The zero-order valence-corrected chi connectivity index (χ0v) is 15.5. The third kappa shape index (κ3) is 4.01. The van der Waals surface area contributed by atoms with Gasteiger partial charge in [-0.15, -0.1) is 0 Å². The number of nitrogens with zero attached hydrogens (tertiary/aromatic N) is 2. The first-order valence-electron chi connectivity index (χ1n) is 8.62. The van der Waals surface area contributed by atoms with Gasteiger partial charge < -0.3 is 14.8 Å². The number of benzene rings is 2. The molecular weight excluding hydrogens is 362 g/mol. The number of rotatable bonds is 6. The molecule has 0 fully saturated rings. The number of nitrogens with one attached hydrogen (secondary N) is 1. The third-order valence-electron chi connectivity index (χ3n) is 4.04. The maximum absolute atomic E-state index is 12.7. The lowest BCUT2D eigenvalue weighted by Crippen LogP contribution is -2.25. The summed E-state index contributed by atoms with van der Waals surface area (Å²) in [4.78, 5) is 41.0. The second-order valence-corrected chi connectivity index (χ2v) is 5.87. The van der Waals surface area contributed by atoms with Gasteiger partial charge in [0.2, 0.25) is 0 Å². The van der Waals surface area contributed by atoms with Crippen molar-refractivity contribution in [1.29, 1.82) is 0 Å². The molecule has 1 amide bonds. The summed E-state index contributed by atoms with van der Waals surface area (Å²) in [6.07, 6.45) is 1.30. The van der Waals surface area contributed by atoms with E-state index in [0.29, 0.717) is 22.5 Å². The Bertz CT molecular complexity index is 1090. The van der Waals surface area contributed by atoms with Crippen molar-refractivity contribution in [2.75, 3.05) is 19.0 Å². The average Bonchev–Trinajstić information content (AvgIpc) is 2.70. The summed E-state index contributed by atoms with van der Waals surface area (Å²) < 4.78 is 11.2. The number of para-hydroxylation sites is 1. The average molecular weight is 381 g/mol. The molecule has 0 spiro atoms. The van der Waals surface area contributed by atoms with Crippen LogP contribution in [-0.2, 0) is 16.1 Å². The molecule has 1 heterocycles. The van der Waals surface area contributed by atoms with Crippen molar-refractivity contribution in [1.82, 2.24) is 9.55 Å². The molecule has 8 nitrogen and oxygen atoms in total. The van der Waals surface area contributed by atoms with E-state index in [1.807, 2.05) is 0 Å². The minimum Gasteiger partial charge on any atom is -0.496 e. The first-order valence-corrected chi connectivity index (χ1v) is 8.62. The molecule has 0 aliphatic carbocycles. The van der Waals surface area contributed by atoms with Crippen molar-refractivity contribution in [3.05, 3.63) is 64.7 Å². The predicted octanol–water partition coefficient (Wildman–Crippen LogP) is 2.22. The third-order valence-corrected chi connectivity index (χ3v) is 4.04. The summed E-state index contributed by atoms with van der Waals surface area (Å²) >= 11 is 0. The van der Waals surface area contributed by atoms with Crippen LogP contribution in [0.3, 0.4) is 0 Å². The monoisotopic (exact) mass is 381 g/mol. The minimum atomic E-state index is -0.522. The van der Waals surface area contributed by atoms with Crippen LogP contribution in [0.25, 0.3) is 10.9 Å². The Labute approximate surface area is 160 Å². The molecule has 0 unspecified atom stereocenters. The SMILES string of the molecule is CCOC(=O)Cn1cnc2ccc(NC(=O)c3ccccc3OC)cc2c1=O. The van der Waals surface area contributed by atoms with E-state index in [1.165, 1.54) is 24.1 Å². The molecule has 2 aromatic carbocycles. The maximum Gasteiger partial charge on any atom is 0.326 e. The summed E-state index contributed by atoms with van der Waals surface area (Å²) in [5.41, 5.74) is 0.860. The van der Waals surface area contributed by atoms with E-state index in [9.17, 15) is 14.4 Å². The van der Waals surface area contributed by atoms with Gasteiger partial charge in [0.1, 0.15) is 12.3 Å². The fourth-order valence-electron chi connectivity index (χ4n) is 2.73. The van der Waals surface area contributed by atoms with Gasteiger partial charge in [0, 0.05) is 5.69 Å². The summed E-state index contributed by atoms with van der Waals surface area (Å²) in [5, 5.41) is 3.03. The molecule has 0 bridgehead atoms. The van der Waals surface area contributed by atoms with E-state index in [1.54, 1.807) is 43.3 Å². The summed E-state index contributed by atoms with van der Waals surface area (Å²) in [7, 11) is 1.49. The van der Waals surface area contributed by atoms with Crippen LogP contribution in [-0.4, -0.2) is 35.1 Å². The fraction of sp³-hybridized carbons (Fsp3) is 0.200. The van der Waals surface area contributed by atoms with Gasteiger partial charge in [-0.25, -0.2) is 4.98 Å². The predicted molar refractivity (Wildman–Crippen MR) is 104 cm³/mol. The quantitative estimate of drug-likeness (QED) is 0.657. The van der Waals surface area contributed by atoms with Crippen molar-refractivity contribution in [3.63, 3.8) is 0 Å². The van der Waals surface area contributed by atoms with Crippen LogP contribution in [0.15, 0.2) is 53.6 Å². The van der Waals surface area contributed by atoms with E-state index in [4.69, 9.17) is 9.47 Å². The van der Waals surface area contributed by atoms with Gasteiger partial charge in [-0.05, 0) is 37.3 Å². The Kier molecular flexibility index (Phi) is 5.69.